The van der Waals surface area contributed by atoms with E-state index in [-0.39, 0.29) is 0 Å². The summed E-state index contributed by atoms with van der Waals surface area (Å²) in [6.45, 7) is 6.75. The van der Waals surface area contributed by atoms with Crippen molar-refractivity contribution in [2.24, 2.45) is 0 Å². The predicted octanol–water partition coefficient (Wildman–Crippen LogP) is 1.32. The topological polar surface area (TPSA) is 33.3 Å². The van der Waals surface area contributed by atoms with E-state index in [0.717, 1.165) is 32.8 Å². The summed E-state index contributed by atoms with van der Waals surface area (Å²) in [6.07, 6.45) is 0. The van der Waals surface area contributed by atoms with Crippen molar-refractivity contribution < 1.29 is 4.74 Å². The molecule has 0 heterocycles. The number of ether oxygens (including phenoxy) is 1. The normalized spacial score (nSPS) is 10.6. The monoisotopic (exact) mass is 222 g/mol. The molecule has 0 aliphatic carbocycles. The first-order valence-corrected chi connectivity index (χ1v) is 5.79. The van der Waals surface area contributed by atoms with Crippen LogP contribution in [0.15, 0.2) is 24.3 Å². The first-order valence-electron chi connectivity index (χ1n) is 5.79. The van der Waals surface area contributed by atoms with Gasteiger partial charge in [0.2, 0.25) is 0 Å². The van der Waals surface area contributed by atoms with Crippen LogP contribution >= 0.6 is 0 Å². The maximum absolute atomic E-state index is 4.95. The van der Waals surface area contributed by atoms with Crippen LogP contribution in [0.25, 0.3) is 0 Å². The van der Waals surface area contributed by atoms with Gasteiger partial charge in [-0.15, -0.1) is 0 Å². The zero-order valence-electron chi connectivity index (χ0n) is 10.3. The number of methoxy groups -OCH3 is 1. The number of hydrogen-bond acceptors (Lipinski definition) is 3. The molecule has 0 saturated carbocycles. The third kappa shape index (κ3) is 5.26. The molecule has 1 aromatic rings. The average molecular weight is 222 g/mol. The zero-order valence-corrected chi connectivity index (χ0v) is 10.3. The Bertz CT molecular complexity index is 289. The maximum Gasteiger partial charge on any atom is 0.0587 e. The van der Waals surface area contributed by atoms with Crippen molar-refractivity contribution in [2.45, 2.75) is 13.5 Å². The van der Waals surface area contributed by atoms with E-state index >= 15 is 0 Å². The molecule has 0 saturated heterocycles. The highest BCUT2D eigenvalue weighted by Gasteiger charge is 1.95. The van der Waals surface area contributed by atoms with Crippen molar-refractivity contribution in [3.05, 3.63) is 35.4 Å². The van der Waals surface area contributed by atoms with E-state index in [1.807, 2.05) is 0 Å². The lowest BCUT2D eigenvalue weighted by atomic mass is 10.1. The van der Waals surface area contributed by atoms with Gasteiger partial charge >= 0.3 is 0 Å². The molecule has 3 nitrogen and oxygen atoms in total. The summed E-state index contributed by atoms with van der Waals surface area (Å²) in [5.41, 5.74) is 2.72. The van der Waals surface area contributed by atoms with Crippen LogP contribution in [0.1, 0.15) is 11.1 Å². The summed E-state index contributed by atoms with van der Waals surface area (Å²) in [4.78, 5) is 0. The second-order valence-electron chi connectivity index (χ2n) is 3.85. The van der Waals surface area contributed by atoms with Crippen LogP contribution in [0, 0.1) is 6.92 Å². The molecule has 3 heteroatoms. The summed E-state index contributed by atoms with van der Waals surface area (Å²) in [5.74, 6) is 0. The van der Waals surface area contributed by atoms with Gasteiger partial charge in [0, 0.05) is 33.3 Å². The summed E-state index contributed by atoms with van der Waals surface area (Å²) in [6, 6.07) is 8.47. The Hall–Kier alpha value is -0.900. The molecular formula is C13H22N2O. The third-order valence-electron chi connectivity index (χ3n) is 2.54. The van der Waals surface area contributed by atoms with E-state index in [0.29, 0.717) is 0 Å². The standard InChI is InChI=1S/C13H22N2O/c1-12-5-3-4-6-13(12)11-15-8-7-14-9-10-16-2/h3-6,14-15H,7-11H2,1-2H3. The summed E-state index contributed by atoms with van der Waals surface area (Å²) < 4.78 is 4.95. The highest BCUT2D eigenvalue weighted by Crippen LogP contribution is 2.05. The van der Waals surface area contributed by atoms with Crippen LogP contribution in [-0.2, 0) is 11.3 Å². The molecule has 0 bridgehead atoms. The van der Waals surface area contributed by atoms with Gasteiger partial charge in [-0.05, 0) is 18.1 Å². The molecule has 0 radical (unpaired) electrons. The van der Waals surface area contributed by atoms with Crippen molar-refractivity contribution >= 4 is 0 Å². The Morgan fingerprint density at radius 2 is 1.81 bits per heavy atom. The van der Waals surface area contributed by atoms with E-state index in [1.165, 1.54) is 11.1 Å². The lowest BCUT2D eigenvalue weighted by Gasteiger charge is -2.08. The number of rotatable bonds is 8. The minimum Gasteiger partial charge on any atom is -0.383 e. The maximum atomic E-state index is 4.95. The van der Waals surface area contributed by atoms with Gasteiger partial charge in [-0.1, -0.05) is 24.3 Å². The minimum atomic E-state index is 0.776. The number of hydrogen-bond donors (Lipinski definition) is 2. The highest BCUT2D eigenvalue weighted by molar-refractivity contribution is 5.25. The zero-order chi connectivity index (χ0) is 11.6. The quantitative estimate of drug-likeness (QED) is 0.651. The highest BCUT2D eigenvalue weighted by atomic mass is 16.5. The van der Waals surface area contributed by atoms with Crippen LogP contribution in [0.2, 0.25) is 0 Å². The lowest BCUT2D eigenvalue weighted by Crippen LogP contribution is -2.29. The molecule has 0 atom stereocenters. The molecule has 1 aromatic carbocycles. The number of benzene rings is 1. The van der Waals surface area contributed by atoms with Gasteiger partial charge in [0.15, 0.2) is 0 Å². The number of aryl methyl sites for hydroxylation is 1. The fourth-order valence-corrected chi connectivity index (χ4v) is 1.51. The Morgan fingerprint density at radius 1 is 1.06 bits per heavy atom. The molecule has 16 heavy (non-hydrogen) atoms. The van der Waals surface area contributed by atoms with Crippen LogP contribution in [-0.4, -0.2) is 33.4 Å². The van der Waals surface area contributed by atoms with Gasteiger partial charge in [-0.25, -0.2) is 0 Å². The van der Waals surface area contributed by atoms with Crippen molar-refractivity contribution in [1.29, 1.82) is 0 Å². The van der Waals surface area contributed by atoms with E-state index < -0.39 is 0 Å². The molecule has 0 unspecified atom stereocenters. The van der Waals surface area contributed by atoms with Gasteiger partial charge < -0.3 is 15.4 Å². The van der Waals surface area contributed by atoms with E-state index in [1.54, 1.807) is 7.11 Å². The molecule has 0 amide bonds. The van der Waals surface area contributed by atoms with Crippen molar-refractivity contribution in [1.82, 2.24) is 10.6 Å². The largest absolute Gasteiger partial charge is 0.383 e. The molecule has 90 valence electrons. The van der Waals surface area contributed by atoms with Gasteiger partial charge in [0.05, 0.1) is 6.61 Å². The molecular weight excluding hydrogens is 200 g/mol. The lowest BCUT2D eigenvalue weighted by molar-refractivity contribution is 0.199. The molecule has 0 fully saturated rings. The van der Waals surface area contributed by atoms with Crippen LogP contribution in [0.5, 0.6) is 0 Å². The SMILES string of the molecule is COCCNCCNCc1ccccc1C. The van der Waals surface area contributed by atoms with Gasteiger partial charge in [-0.3, -0.25) is 0 Å². The fraction of sp³-hybridized carbons (Fsp3) is 0.538. The predicted molar refractivity (Wildman–Crippen MR) is 67.6 cm³/mol. The summed E-state index contributed by atoms with van der Waals surface area (Å²) in [7, 11) is 1.72. The minimum absolute atomic E-state index is 0.776. The average Bonchev–Trinajstić information content (AvgIpc) is 2.30. The third-order valence-corrected chi connectivity index (χ3v) is 2.54. The second-order valence-corrected chi connectivity index (χ2v) is 3.85. The van der Waals surface area contributed by atoms with Crippen molar-refractivity contribution in [3.8, 4) is 0 Å². The van der Waals surface area contributed by atoms with Crippen LogP contribution in [0.4, 0.5) is 0 Å². The van der Waals surface area contributed by atoms with E-state index in [4.69, 9.17) is 4.74 Å². The smallest absolute Gasteiger partial charge is 0.0587 e. The molecule has 1 rings (SSSR count). The first-order chi connectivity index (χ1) is 7.84. The Balaban J connectivity index is 2.05. The van der Waals surface area contributed by atoms with Gasteiger partial charge in [0.25, 0.3) is 0 Å². The Morgan fingerprint density at radius 3 is 2.56 bits per heavy atom. The second kappa shape index (κ2) is 8.28. The first kappa shape index (κ1) is 13.2. The molecule has 0 aromatic heterocycles. The molecule has 0 spiro atoms. The van der Waals surface area contributed by atoms with Crippen molar-refractivity contribution in [2.75, 3.05) is 33.4 Å². The van der Waals surface area contributed by atoms with Gasteiger partial charge in [-0.2, -0.15) is 0 Å². The fourth-order valence-electron chi connectivity index (χ4n) is 1.51. The Labute approximate surface area is 98.2 Å². The van der Waals surface area contributed by atoms with Crippen LogP contribution in [0.3, 0.4) is 0 Å². The molecule has 2 N–H and O–H groups in total. The molecule has 0 aliphatic rings. The summed E-state index contributed by atoms with van der Waals surface area (Å²) >= 11 is 0. The van der Waals surface area contributed by atoms with Gasteiger partial charge in [0.1, 0.15) is 0 Å². The van der Waals surface area contributed by atoms with Crippen molar-refractivity contribution in [3.63, 3.8) is 0 Å². The Kier molecular flexibility index (Phi) is 6.81. The van der Waals surface area contributed by atoms with E-state index in [2.05, 4.69) is 41.8 Å². The van der Waals surface area contributed by atoms with Crippen LogP contribution < -0.4 is 10.6 Å². The number of nitrogens with one attached hydrogen (secondary N) is 2. The van der Waals surface area contributed by atoms with E-state index in [9.17, 15) is 0 Å². The molecule has 0 aliphatic heterocycles. The summed E-state index contributed by atoms with van der Waals surface area (Å²) in [5, 5.41) is 6.72.